The molecule has 0 saturated heterocycles. The van der Waals surface area contributed by atoms with Gasteiger partial charge in [-0.2, -0.15) is 0 Å². The molecule has 1 N–H and O–H groups in total. The Labute approximate surface area is 156 Å². The Morgan fingerprint density at radius 1 is 0.880 bits per heavy atom. The molecule has 0 spiro atoms. The van der Waals surface area contributed by atoms with Crippen LogP contribution in [-0.2, 0) is 6.54 Å². The maximum absolute atomic E-state index is 12.9. The van der Waals surface area contributed by atoms with E-state index in [-0.39, 0.29) is 6.03 Å². The lowest BCUT2D eigenvalue weighted by Gasteiger charge is -2.24. The van der Waals surface area contributed by atoms with Gasteiger partial charge in [0.1, 0.15) is 0 Å². The van der Waals surface area contributed by atoms with Gasteiger partial charge in [-0.05, 0) is 35.9 Å². The van der Waals surface area contributed by atoms with E-state index in [2.05, 4.69) is 5.32 Å². The minimum atomic E-state index is -0.279. The normalized spacial score (nSPS) is 10.3. The molecule has 0 aliphatic carbocycles. The molecule has 0 heterocycles. The fraction of sp³-hybridized carbons (Fsp3) is 0.0500. The molecule has 0 bridgehead atoms. The lowest BCUT2D eigenvalue weighted by molar-refractivity contribution is 0.256. The fourth-order valence-electron chi connectivity index (χ4n) is 2.43. The third-order valence-electron chi connectivity index (χ3n) is 3.67. The summed E-state index contributed by atoms with van der Waals surface area (Å²) in [5, 5.41) is 3.78. The highest BCUT2D eigenvalue weighted by atomic mass is 35.5. The summed E-state index contributed by atoms with van der Waals surface area (Å²) in [6.45, 7) is 0.439. The number of urea groups is 1. The number of para-hydroxylation sites is 1. The fourth-order valence-corrected chi connectivity index (χ4v) is 2.77. The van der Waals surface area contributed by atoms with Crippen LogP contribution in [0.2, 0.25) is 10.0 Å². The second kappa shape index (κ2) is 8.06. The van der Waals surface area contributed by atoms with Crippen molar-refractivity contribution in [2.75, 3.05) is 10.2 Å². The molecule has 0 fully saturated rings. The second-order valence-electron chi connectivity index (χ2n) is 5.46. The van der Waals surface area contributed by atoms with Gasteiger partial charge in [0.25, 0.3) is 0 Å². The smallest absolute Gasteiger partial charge is 0.306 e. The van der Waals surface area contributed by atoms with Crippen molar-refractivity contribution in [1.82, 2.24) is 0 Å². The van der Waals surface area contributed by atoms with Gasteiger partial charge >= 0.3 is 6.03 Å². The van der Waals surface area contributed by atoms with E-state index in [0.717, 1.165) is 11.3 Å². The Balaban J connectivity index is 1.88. The summed E-state index contributed by atoms with van der Waals surface area (Å²) in [4.78, 5) is 14.6. The number of nitrogens with zero attached hydrogens (tertiary/aromatic N) is 1. The van der Waals surface area contributed by atoms with Crippen LogP contribution in [0.3, 0.4) is 0 Å². The first kappa shape index (κ1) is 17.3. The van der Waals surface area contributed by atoms with Crippen molar-refractivity contribution in [3.8, 4) is 0 Å². The van der Waals surface area contributed by atoms with Crippen LogP contribution in [0.4, 0.5) is 16.2 Å². The van der Waals surface area contributed by atoms with Crippen molar-refractivity contribution in [3.05, 3.63) is 94.5 Å². The van der Waals surface area contributed by atoms with Gasteiger partial charge in [0.15, 0.2) is 0 Å². The molecule has 5 heteroatoms. The molecule has 3 aromatic rings. The molecule has 0 unspecified atom stereocenters. The quantitative estimate of drug-likeness (QED) is 0.579. The van der Waals surface area contributed by atoms with Gasteiger partial charge < -0.3 is 5.32 Å². The highest BCUT2D eigenvalue weighted by molar-refractivity contribution is 6.35. The summed E-state index contributed by atoms with van der Waals surface area (Å²) in [5.41, 5.74) is 2.30. The second-order valence-corrected chi connectivity index (χ2v) is 6.31. The maximum atomic E-state index is 12.9. The minimum Gasteiger partial charge on any atom is -0.306 e. The first-order chi connectivity index (χ1) is 12.1. The SMILES string of the molecule is O=C(Nc1cc(Cl)ccc1Cl)N(Cc1ccccc1)c1ccccc1. The van der Waals surface area contributed by atoms with Crippen molar-refractivity contribution in [1.29, 1.82) is 0 Å². The number of anilines is 2. The van der Waals surface area contributed by atoms with Gasteiger partial charge in [-0.15, -0.1) is 0 Å². The number of hydrogen-bond donors (Lipinski definition) is 1. The Kier molecular flexibility index (Phi) is 5.59. The van der Waals surface area contributed by atoms with Crippen LogP contribution in [0.25, 0.3) is 0 Å². The largest absolute Gasteiger partial charge is 0.326 e. The van der Waals surface area contributed by atoms with Crippen LogP contribution in [0.5, 0.6) is 0 Å². The maximum Gasteiger partial charge on any atom is 0.326 e. The van der Waals surface area contributed by atoms with E-state index in [1.54, 1.807) is 23.1 Å². The number of hydrogen-bond acceptors (Lipinski definition) is 1. The molecule has 25 heavy (non-hydrogen) atoms. The molecule has 2 amide bonds. The predicted molar refractivity (Wildman–Crippen MR) is 105 cm³/mol. The average Bonchev–Trinajstić information content (AvgIpc) is 2.64. The number of amides is 2. The highest BCUT2D eigenvalue weighted by Gasteiger charge is 2.17. The number of nitrogens with one attached hydrogen (secondary N) is 1. The summed E-state index contributed by atoms with van der Waals surface area (Å²) in [6.07, 6.45) is 0. The zero-order valence-corrected chi connectivity index (χ0v) is 14.8. The Morgan fingerprint density at radius 3 is 2.20 bits per heavy atom. The molecule has 3 aromatic carbocycles. The van der Waals surface area contributed by atoms with Crippen LogP contribution >= 0.6 is 23.2 Å². The standard InChI is InChI=1S/C20H16Cl2N2O/c21-16-11-12-18(22)19(13-16)23-20(25)24(17-9-5-2-6-10-17)14-15-7-3-1-4-8-15/h1-13H,14H2,(H,23,25). The van der Waals surface area contributed by atoms with Crippen LogP contribution in [0, 0.1) is 0 Å². The molecule has 0 atom stereocenters. The molecule has 3 nitrogen and oxygen atoms in total. The van der Waals surface area contributed by atoms with E-state index in [9.17, 15) is 4.79 Å². The Bertz CT molecular complexity index is 854. The third kappa shape index (κ3) is 4.53. The van der Waals surface area contributed by atoms with E-state index < -0.39 is 0 Å². The number of benzene rings is 3. The van der Waals surface area contributed by atoms with Crippen molar-refractivity contribution >= 4 is 40.6 Å². The number of carbonyl (C=O) groups excluding carboxylic acids is 1. The molecular weight excluding hydrogens is 355 g/mol. The first-order valence-electron chi connectivity index (χ1n) is 7.76. The molecule has 0 aromatic heterocycles. The topological polar surface area (TPSA) is 32.3 Å². The van der Waals surface area contributed by atoms with E-state index in [0.29, 0.717) is 22.3 Å². The zero-order valence-electron chi connectivity index (χ0n) is 13.3. The third-order valence-corrected chi connectivity index (χ3v) is 4.23. The number of carbonyl (C=O) groups is 1. The summed E-state index contributed by atoms with van der Waals surface area (Å²) in [7, 11) is 0. The monoisotopic (exact) mass is 370 g/mol. The molecular formula is C20H16Cl2N2O. The van der Waals surface area contributed by atoms with Crippen LogP contribution in [0.15, 0.2) is 78.9 Å². The van der Waals surface area contributed by atoms with Crippen LogP contribution in [0.1, 0.15) is 5.56 Å². The zero-order chi connectivity index (χ0) is 17.6. The molecule has 0 aliphatic heterocycles. The Morgan fingerprint density at radius 2 is 1.52 bits per heavy atom. The van der Waals surface area contributed by atoms with E-state index in [4.69, 9.17) is 23.2 Å². The van der Waals surface area contributed by atoms with E-state index in [1.165, 1.54) is 0 Å². The summed E-state index contributed by atoms with van der Waals surface area (Å²) >= 11 is 12.2. The van der Waals surface area contributed by atoms with Gasteiger partial charge in [0, 0.05) is 10.7 Å². The lowest BCUT2D eigenvalue weighted by atomic mass is 10.2. The van der Waals surface area contributed by atoms with Crippen molar-refractivity contribution in [2.45, 2.75) is 6.54 Å². The van der Waals surface area contributed by atoms with Crippen LogP contribution < -0.4 is 10.2 Å². The minimum absolute atomic E-state index is 0.279. The average molecular weight is 371 g/mol. The van der Waals surface area contributed by atoms with Gasteiger partial charge in [-0.25, -0.2) is 4.79 Å². The predicted octanol–water partition coefficient (Wildman–Crippen LogP) is 6.23. The summed E-state index contributed by atoms with van der Waals surface area (Å²) < 4.78 is 0. The number of halogens is 2. The van der Waals surface area contributed by atoms with Gasteiger partial charge in [-0.1, -0.05) is 71.7 Å². The van der Waals surface area contributed by atoms with Crippen molar-refractivity contribution in [2.24, 2.45) is 0 Å². The Hall–Kier alpha value is -2.49. The highest BCUT2D eigenvalue weighted by Crippen LogP contribution is 2.27. The van der Waals surface area contributed by atoms with Crippen molar-refractivity contribution in [3.63, 3.8) is 0 Å². The van der Waals surface area contributed by atoms with E-state index >= 15 is 0 Å². The molecule has 126 valence electrons. The molecule has 0 radical (unpaired) electrons. The first-order valence-corrected chi connectivity index (χ1v) is 8.51. The van der Waals surface area contributed by atoms with E-state index in [1.807, 2.05) is 60.7 Å². The van der Waals surface area contributed by atoms with Gasteiger partial charge in [0.05, 0.1) is 17.3 Å². The van der Waals surface area contributed by atoms with Crippen LogP contribution in [-0.4, -0.2) is 6.03 Å². The lowest BCUT2D eigenvalue weighted by Crippen LogP contribution is -2.34. The van der Waals surface area contributed by atoms with Gasteiger partial charge in [0.2, 0.25) is 0 Å². The van der Waals surface area contributed by atoms with Gasteiger partial charge in [-0.3, -0.25) is 4.90 Å². The molecule has 0 saturated carbocycles. The summed E-state index contributed by atoms with van der Waals surface area (Å²) in [5.74, 6) is 0. The molecule has 3 rings (SSSR count). The summed E-state index contributed by atoms with van der Waals surface area (Å²) in [6, 6.07) is 24.0. The van der Waals surface area contributed by atoms with Crippen molar-refractivity contribution < 1.29 is 4.79 Å². The number of rotatable bonds is 4. The molecule has 0 aliphatic rings.